The summed E-state index contributed by atoms with van der Waals surface area (Å²) in [5, 5.41) is 32.2. The van der Waals surface area contributed by atoms with Gasteiger partial charge in [0.1, 0.15) is 0 Å². The molecule has 0 aliphatic heterocycles. The van der Waals surface area contributed by atoms with Crippen molar-refractivity contribution in [2.45, 2.75) is 112 Å². The second kappa shape index (κ2) is 7.34. The number of carboxylic acids is 1. The first-order valence-corrected chi connectivity index (χ1v) is 14.0. The third-order valence-corrected chi connectivity index (χ3v) is 13.5. The van der Waals surface area contributed by atoms with Crippen molar-refractivity contribution < 1.29 is 20.1 Å². The predicted octanol–water partition coefficient (Wildman–Crippen LogP) is 6.06. The Labute approximate surface area is 206 Å². The van der Waals surface area contributed by atoms with Gasteiger partial charge in [0.15, 0.2) is 0 Å². The Morgan fingerprint density at radius 3 is 2.24 bits per heavy atom. The molecule has 0 heterocycles. The molecule has 0 aromatic carbocycles. The number of carboxylic acid groups (broad SMARTS) is 1. The van der Waals surface area contributed by atoms with E-state index in [4.69, 9.17) is 0 Å². The fraction of sp³-hybridized carbons (Fsp3) is 0.900. The summed E-state index contributed by atoms with van der Waals surface area (Å²) in [7, 11) is 0. The van der Waals surface area contributed by atoms with Crippen LogP contribution < -0.4 is 0 Å². The number of allylic oxidation sites excluding steroid dienone is 2. The third kappa shape index (κ3) is 2.76. The molecular formula is C30H48O4. The first-order valence-electron chi connectivity index (χ1n) is 14.0. The highest BCUT2D eigenvalue weighted by molar-refractivity contribution is 5.77. The van der Waals surface area contributed by atoms with Gasteiger partial charge in [0.2, 0.25) is 0 Å². The highest BCUT2D eigenvalue weighted by Gasteiger charge is 2.70. The van der Waals surface area contributed by atoms with E-state index >= 15 is 0 Å². The maximum atomic E-state index is 12.8. The number of fused-ring (bicyclic) bond motifs is 7. The Morgan fingerprint density at radius 2 is 1.59 bits per heavy atom. The summed E-state index contributed by atoms with van der Waals surface area (Å²) in [6, 6.07) is 0. The molecule has 0 bridgehead atoms. The van der Waals surface area contributed by atoms with E-state index in [0.717, 1.165) is 38.5 Å². The zero-order chi connectivity index (χ0) is 25.1. The standard InChI is InChI=1S/C30H48O4/c1-17-18(2)24-19-8-9-22-27(5)12-11-23(32)26(3,4)21(27)10-13-29(22,7)28(19,6)14-15-30(24,25(33)34)16-20(17)31/h8,17-18,20-24,31-32H,9-16H2,1-7H3,(H,33,34)/t17-,18-,20+,21-,22+,23-,24-,27-,28+,29+,30+/m0/s1. The van der Waals surface area contributed by atoms with Gasteiger partial charge in [-0.05, 0) is 103 Å². The lowest BCUT2D eigenvalue weighted by Crippen LogP contribution is -2.66. The molecule has 3 N–H and O–H groups in total. The molecule has 0 aromatic rings. The molecule has 192 valence electrons. The van der Waals surface area contributed by atoms with Gasteiger partial charge in [-0.2, -0.15) is 0 Å². The molecule has 0 spiro atoms. The van der Waals surface area contributed by atoms with E-state index in [0.29, 0.717) is 24.7 Å². The van der Waals surface area contributed by atoms with E-state index in [1.54, 1.807) is 0 Å². The molecule has 4 nitrogen and oxygen atoms in total. The van der Waals surface area contributed by atoms with E-state index in [1.807, 2.05) is 0 Å². The Balaban J connectivity index is 1.62. The maximum absolute atomic E-state index is 12.8. The van der Waals surface area contributed by atoms with Crippen molar-refractivity contribution >= 4 is 5.97 Å². The van der Waals surface area contributed by atoms with Crippen LogP contribution in [0, 0.1) is 56.7 Å². The molecule has 4 heteroatoms. The molecule has 0 radical (unpaired) electrons. The fourth-order valence-electron chi connectivity index (χ4n) is 10.9. The van der Waals surface area contributed by atoms with Gasteiger partial charge in [0.05, 0.1) is 17.6 Å². The summed E-state index contributed by atoms with van der Waals surface area (Å²) in [6.45, 7) is 16.4. The van der Waals surface area contributed by atoms with Crippen molar-refractivity contribution in [3.8, 4) is 0 Å². The number of hydrogen-bond acceptors (Lipinski definition) is 3. The predicted molar refractivity (Wildman–Crippen MR) is 134 cm³/mol. The molecule has 0 amide bonds. The number of aliphatic carboxylic acids is 1. The summed E-state index contributed by atoms with van der Waals surface area (Å²) in [5.74, 6) is 0.644. The molecular weight excluding hydrogens is 424 g/mol. The highest BCUT2D eigenvalue weighted by Crippen LogP contribution is 2.75. The van der Waals surface area contributed by atoms with Crippen LogP contribution in [0.5, 0.6) is 0 Å². The van der Waals surface area contributed by atoms with Gasteiger partial charge in [0.25, 0.3) is 0 Å². The van der Waals surface area contributed by atoms with E-state index in [-0.39, 0.29) is 45.5 Å². The van der Waals surface area contributed by atoms with Gasteiger partial charge in [-0.15, -0.1) is 0 Å². The summed E-state index contributed by atoms with van der Waals surface area (Å²) in [4.78, 5) is 12.8. The molecule has 0 aromatic heterocycles. The zero-order valence-corrected chi connectivity index (χ0v) is 22.5. The van der Waals surface area contributed by atoms with Crippen LogP contribution in [0.2, 0.25) is 0 Å². The number of aliphatic hydroxyl groups is 2. The molecule has 4 fully saturated rings. The molecule has 0 unspecified atom stereocenters. The quantitative estimate of drug-likeness (QED) is 0.405. The van der Waals surface area contributed by atoms with E-state index in [1.165, 1.54) is 5.57 Å². The van der Waals surface area contributed by atoms with Crippen molar-refractivity contribution in [1.29, 1.82) is 0 Å². The largest absolute Gasteiger partial charge is 0.481 e. The van der Waals surface area contributed by atoms with E-state index in [2.05, 4.69) is 54.5 Å². The van der Waals surface area contributed by atoms with Gasteiger partial charge in [-0.1, -0.05) is 60.1 Å². The molecule has 5 aliphatic carbocycles. The van der Waals surface area contributed by atoms with Crippen LogP contribution in [0.4, 0.5) is 0 Å². The summed E-state index contributed by atoms with van der Waals surface area (Å²) >= 11 is 0. The fourth-order valence-corrected chi connectivity index (χ4v) is 10.9. The SMILES string of the molecule is C[C@H]1[C@H](C)[C@H]2C3=CC[C@@H]4[C@@]5(C)CC[C@H](O)C(C)(C)[C@@H]5CC[C@@]4(C)[C@]3(C)CC[C@@]2(C(=O)O)C[C@H]1O. The lowest BCUT2D eigenvalue weighted by Gasteiger charge is -2.71. The number of carbonyl (C=O) groups is 1. The minimum Gasteiger partial charge on any atom is -0.481 e. The summed E-state index contributed by atoms with van der Waals surface area (Å²) in [6.07, 6.45) is 8.98. The third-order valence-electron chi connectivity index (χ3n) is 13.5. The van der Waals surface area contributed by atoms with E-state index < -0.39 is 17.5 Å². The smallest absolute Gasteiger partial charge is 0.310 e. The zero-order valence-electron chi connectivity index (χ0n) is 22.5. The second-order valence-electron chi connectivity index (χ2n) is 14.6. The Hall–Kier alpha value is -0.870. The van der Waals surface area contributed by atoms with Gasteiger partial charge in [-0.25, -0.2) is 0 Å². The monoisotopic (exact) mass is 472 g/mol. The molecule has 5 aliphatic rings. The Morgan fingerprint density at radius 1 is 0.912 bits per heavy atom. The maximum Gasteiger partial charge on any atom is 0.310 e. The van der Waals surface area contributed by atoms with Crippen LogP contribution in [0.25, 0.3) is 0 Å². The van der Waals surface area contributed by atoms with Gasteiger partial charge in [0, 0.05) is 0 Å². The lowest BCUT2D eigenvalue weighted by molar-refractivity contribution is -0.209. The average Bonchev–Trinajstić information content (AvgIpc) is 2.75. The molecule has 5 rings (SSSR count). The Kier molecular flexibility index (Phi) is 5.36. The van der Waals surface area contributed by atoms with Gasteiger partial charge < -0.3 is 15.3 Å². The van der Waals surface area contributed by atoms with Gasteiger partial charge in [-0.3, -0.25) is 4.79 Å². The molecule has 34 heavy (non-hydrogen) atoms. The van der Waals surface area contributed by atoms with Crippen LogP contribution in [0.15, 0.2) is 11.6 Å². The van der Waals surface area contributed by atoms with Crippen molar-refractivity contribution in [3.63, 3.8) is 0 Å². The van der Waals surface area contributed by atoms with E-state index in [9.17, 15) is 20.1 Å². The van der Waals surface area contributed by atoms with Crippen molar-refractivity contribution in [2.24, 2.45) is 56.7 Å². The minimum atomic E-state index is -0.835. The van der Waals surface area contributed by atoms with Crippen LogP contribution >= 0.6 is 0 Å². The average molecular weight is 473 g/mol. The molecule has 4 saturated carbocycles. The number of hydrogen-bond donors (Lipinski definition) is 3. The van der Waals surface area contributed by atoms with Gasteiger partial charge >= 0.3 is 5.97 Å². The second-order valence-corrected chi connectivity index (χ2v) is 14.6. The van der Waals surface area contributed by atoms with Crippen LogP contribution in [0.3, 0.4) is 0 Å². The van der Waals surface area contributed by atoms with Crippen molar-refractivity contribution in [1.82, 2.24) is 0 Å². The first kappa shape index (κ1) is 24.8. The molecule has 11 atom stereocenters. The van der Waals surface area contributed by atoms with Crippen molar-refractivity contribution in [2.75, 3.05) is 0 Å². The summed E-state index contributed by atoms with van der Waals surface area (Å²) in [5.41, 5.74) is 0.826. The normalized spacial score (nSPS) is 56.3. The number of aliphatic hydroxyl groups excluding tert-OH is 2. The van der Waals surface area contributed by atoms with Crippen LogP contribution in [0.1, 0.15) is 99.8 Å². The topological polar surface area (TPSA) is 77.8 Å². The highest BCUT2D eigenvalue weighted by atomic mass is 16.4. The Bertz CT molecular complexity index is 907. The van der Waals surface area contributed by atoms with Crippen LogP contribution in [-0.2, 0) is 4.79 Å². The first-order chi connectivity index (χ1) is 15.7. The number of rotatable bonds is 1. The minimum absolute atomic E-state index is 0.00933. The van der Waals surface area contributed by atoms with Crippen molar-refractivity contribution in [3.05, 3.63) is 11.6 Å². The molecule has 0 saturated heterocycles. The summed E-state index contributed by atoms with van der Waals surface area (Å²) < 4.78 is 0. The lowest BCUT2D eigenvalue weighted by atomic mass is 9.33. The van der Waals surface area contributed by atoms with Crippen LogP contribution in [-0.4, -0.2) is 33.5 Å².